The molecule has 0 aliphatic heterocycles. The summed E-state index contributed by atoms with van der Waals surface area (Å²) in [6, 6.07) is 6.98. The van der Waals surface area contributed by atoms with Gasteiger partial charge in [-0.25, -0.2) is 0 Å². The molecule has 0 bridgehead atoms. The zero-order chi connectivity index (χ0) is 11.3. The number of benzene rings is 1. The molecule has 0 heterocycles. The van der Waals surface area contributed by atoms with E-state index in [1.807, 2.05) is 0 Å². The smallest absolute Gasteiger partial charge is 0.294 e. The van der Waals surface area contributed by atoms with E-state index in [1.54, 1.807) is 24.3 Å². The molecule has 7 heteroatoms. The number of carbonyl (C=O) groups excluding carboxylic acids is 1. The number of rotatable bonds is 1. The van der Waals surface area contributed by atoms with Crippen LogP contribution in [0.25, 0.3) is 0 Å². The first kappa shape index (κ1) is 12.1. The highest BCUT2D eigenvalue weighted by atomic mass is 35.5. The lowest BCUT2D eigenvalue weighted by atomic mass is 10.3. The molecule has 0 saturated carbocycles. The highest BCUT2D eigenvalue weighted by Gasteiger charge is 1.97. The molecule has 0 saturated heterocycles. The van der Waals surface area contributed by atoms with Gasteiger partial charge in [-0.2, -0.15) is 0 Å². The van der Waals surface area contributed by atoms with E-state index in [2.05, 4.69) is 28.8 Å². The Morgan fingerprint density at radius 3 is 2.40 bits per heavy atom. The van der Waals surface area contributed by atoms with E-state index >= 15 is 0 Å². The second-order valence-corrected chi connectivity index (χ2v) is 3.77. The van der Waals surface area contributed by atoms with Crippen LogP contribution in [-0.2, 0) is 0 Å². The summed E-state index contributed by atoms with van der Waals surface area (Å²) < 4.78 is 0. The molecular formula is C8H8ClN3OS2. The highest BCUT2D eigenvalue weighted by molar-refractivity contribution is 7.96. The molecule has 1 rings (SSSR count). The van der Waals surface area contributed by atoms with E-state index in [1.165, 1.54) is 0 Å². The highest BCUT2D eigenvalue weighted by Crippen LogP contribution is 2.12. The normalized spacial score (nSPS) is 9.20. The van der Waals surface area contributed by atoms with Crippen molar-refractivity contribution in [3.05, 3.63) is 29.3 Å². The molecule has 0 fully saturated rings. The molecule has 4 nitrogen and oxygen atoms in total. The summed E-state index contributed by atoms with van der Waals surface area (Å²) in [5, 5.41) is 3.22. The van der Waals surface area contributed by atoms with Crippen LogP contribution >= 0.6 is 36.4 Å². The van der Waals surface area contributed by atoms with Crippen molar-refractivity contribution in [2.45, 2.75) is 0 Å². The van der Waals surface area contributed by atoms with Gasteiger partial charge in [0.1, 0.15) is 0 Å². The first-order valence-electron chi connectivity index (χ1n) is 3.89. The van der Waals surface area contributed by atoms with Crippen LogP contribution in [0.1, 0.15) is 0 Å². The Morgan fingerprint density at radius 1 is 1.27 bits per heavy atom. The van der Waals surface area contributed by atoms with Gasteiger partial charge in [0, 0.05) is 10.7 Å². The zero-order valence-electron chi connectivity index (χ0n) is 7.45. The van der Waals surface area contributed by atoms with Gasteiger partial charge in [0.2, 0.25) is 0 Å². The number of thiol groups is 1. The van der Waals surface area contributed by atoms with Crippen LogP contribution in [0.4, 0.5) is 10.5 Å². The summed E-state index contributed by atoms with van der Waals surface area (Å²) >= 11 is 14.1. The van der Waals surface area contributed by atoms with Gasteiger partial charge in [0.15, 0.2) is 5.11 Å². The second kappa shape index (κ2) is 5.79. The van der Waals surface area contributed by atoms with Gasteiger partial charge < -0.3 is 5.32 Å². The van der Waals surface area contributed by atoms with Crippen molar-refractivity contribution < 1.29 is 4.79 Å². The van der Waals surface area contributed by atoms with E-state index in [4.69, 9.17) is 23.8 Å². The third-order valence-electron chi connectivity index (χ3n) is 1.39. The van der Waals surface area contributed by atoms with Crippen molar-refractivity contribution in [1.82, 2.24) is 10.9 Å². The molecule has 0 radical (unpaired) electrons. The van der Waals surface area contributed by atoms with Gasteiger partial charge in [-0.3, -0.25) is 15.6 Å². The Kier molecular flexibility index (Phi) is 4.67. The Bertz CT molecular complexity index is 369. The molecule has 3 N–H and O–H groups in total. The molecule has 0 aliphatic carbocycles. The second-order valence-electron chi connectivity index (χ2n) is 2.52. The predicted molar refractivity (Wildman–Crippen MR) is 68.3 cm³/mol. The fourth-order valence-corrected chi connectivity index (χ4v) is 1.16. The van der Waals surface area contributed by atoms with Crippen LogP contribution in [0.2, 0.25) is 5.02 Å². The van der Waals surface area contributed by atoms with Crippen LogP contribution in [0.15, 0.2) is 24.3 Å². The first-order valence-corrected chi connectivity index (χ1v) is 5.13. The predicted octanol–water partition coefficient (Wildman–Crippen LogP) is 2.18. The van der Waals surface area contributed by atoms with E-state index in [0.29, 0.717) is 5.02 Å². The van der Waals surface area contributed by atoms with Crippen LogP contribution in [0.3, 0.4) is 0 Å². The van der Waals surface area contributed by atoms with E-state index < -0.39 is 5.24 Å². The van der Waals surface area contributed by atoms with Gasteiger partial charge >= 0.3 is 0 Å². The average molecular weight is 262 g/mol. The number of hydrazine groups is 1. The van der Waals surface area contributed by atoms with Crippen LogP contribution in [-0.4, -0.2) is 10.4 Å². The van der Waals surface area contributed by atoms with E-state index in [0.717, 1.165) is 5.69 Å². The fraction of sp³-hybridized carbons (Fsp3) is 0. The lowest BCUT2D eigenvalue weighted by Crippen LogP contribution is -2.41. The summed E-state index contributed by atoms with van der Waals surface area (Å²) in [7, 11) is 0. The molecule has 1 aromatic carbocycles. The first-order chi connectivity index (χ1) is 7.08. The van der Waals surface area contributed by atoms with Crippen molar-refractivity contribution in [3.8, 4) is 0 Å². The Hall–Kier alpha value is -0.980. The summed E-state index contributed by atoms with van der Waals surface area (Å²) in [4.78, 5) is 10.4. The summed E-state index contributed by atoms with van der Waals surface area (Å²) in [5.74, 6) is 0. The van der Waals surface area contributed by atoms with Crippen molar-refractivity contribution >= 4 is 52.5 Å². The largest absolute Gasteiger partial charge is 0.331 e. The molecule has 0 aromatic heterocycles. The Balaban J connectivity index is 2.44. The van der Waals surface area contributed by atoms with Gasteiger partial charge in [0.25, 0.3) is 5.24 Å². The number of nitrogens with one attached hydrogen (secondary N) is 3. The quantitative estimate of drug-likeness (QED) is 0.356. The minimum atomic E-state index is -0.518. The Labute approximate surface area is 103 Å². The van der Waals surface area contributed by atoms with Crippen LogP contribution in [0.5, 0.6) is 0 Å². The van der Waals surface area contributed by atoms with E-state index in [-0.39, 0.29) is 5.11 Å². The lowest BCUT2D eigenvalue weighted by Gasteiger charge is -2.09. The van der Waals surface area contributed by atoms with Crippen molar-refractivity contribution in [1.29, 1.82) is 0 Å². The molecule has 0 spiro atoms. The monoisotopic (exact) mass is 261 g/mol. The summed E-state index contributed by atoms with van der Waals surface area (Å²) in [6.45, 7) is 0. The number of thiocarbonyl (C=S) groups is 1. The van der Waals surface area contributed by atoms with Crippen molar-refractivity contribution in [3.63, 3.8) is 0 Å². The molecule has 0 atom stereocenters. The Morgan fingerprint density at radius 2 is 1.87 bits per heavy atom. The molecule has 1 amide bonds. The number of carbonyl (C=O) groups is 1. The van der Waals surface area contributed by atoms with Crippen LogP contribution in [0, 0.1) is 0 Å². The fourth-order valence-electron chi connectivity index (χ4n) is 0.806. The maximum absolute atomic E-state index is 10.4. The lowest BCUT2D eigenvalue weighted by molar-refractivity contribution is 0.259. The molecule has 0 unspecified atom stereocenters. The SMILES string of the molecule is O=C(S)NNC(=S)Nc1ccc(Cl)cc1. The third kappa shape index (κ3) is 4.87. The number of hydrogen-bond acceptors (Lipinski definition) is 2. The summed E-state index contributed by atoms with van der Waals surface area (Å²) in [5.41, 5.74) is 5.45. The molecule has 0 aliphatic rings. The molecular weight excluding hydrogens is 254 g/mol. The minimum absolute atomic E-state index is 0.264. The average Bonchev–Trinajstić information content (AvgIpc) is 2.19. The topological polar surface area (TPSA) is 53.2 Å². The summed E-state index contributed by atoms with van der Waals surface area (Å²) in [6.07, 6.45) is 0. The number of amides is 1. The van der Waals surface area contributed by atoms with Gasteiger partial charge in [0.05, 0.1) is 0 Å². The standard InChI is InChI=1S/C8H8ClN3OS2/c9-5-1-3-6(4-2-5)10-7(14)11-12-8(13)15/h1-4H,(H2,10,11,14)(H2,12,13,15). The minimum Gasteiger partial charge on any atom is -0.331 e. The van der Waals surface area contributed by atoms with Crippen molar-refractivity contribution in [2.24, 2.45) is 0 Å². The molecule has 15 heavy (non-hydrogen) atoms. The van der Waals surface area contributed by atoms with Gasteiger partial charge in [-0.15, -0.1) is 0 Å². The number of anilines is 1. The van der Waals surface area contributed by atoms with E-state index in [9.17, 15) is 4.79 Å². The number of hydrogen-bond donors (Lipinski definition) is 4. The third-order valence-corrected chi connectivity index (χ3v) is 1.95. The molecule has 1 aromatic rings. The molecule has 80 valence electrons. The number of halogens is 1. The van der Waals surface area contributed by atoms with Crippen molar-refractivity contribution in [2.75, 3.05) is 5.32 Å². The van der Waals surface area contributed by atoms with Gasteiger partial charge in [-0.05, 0) is 36.5 Å². The maximum Gasteiger partial charge on any atom is 0.294 e. The maximum atomic E-state index is 10.4. The zero-order valence-corrected chi connectivity index (χ0v) is 9.92. The van der Waals surface area contributed by atoms with Crippen LogP contribution < -0.4 is 16.2 Å². The van der Waals surface area contributed by atoms with Gasteiger partial charge in [-0.1, -0.05) is 24.2 Å².